The Morgan fingerprint density at radius 3 is 2.53 bits per heavy atom. The van der Waals surface area contributed by atoms with Gasteiger partial charge in [-0.05, 0) is 43.5 Å². The van der Waals surface area contributed by atoms with E-state index in [2.05, 4.69) is 15.1 Å². The van der Waals surface area contributed by atoms with Crippen LogP contribution in [0.5, 0.6) is 0 Å². The van der Waals surface area contributed by atoms with Crippen LogP contribution in [-0.2, 0) is 24.1 Å². The number of aromatic nitrogens is 6. The van der Waals surface area contributed by atoms with E-state index in [0.29, 0.717) is 19.5 Å². The maximum atomic E-state index is 13.5. The maximum Gasteiger partial charge on any atom is 0.329 e. The Balaban J connectivity index is 1.47. The molecule has 1 aromatic carbocycles. The largest absolute Gasteiger partial charge is 0.329 e. The number of piperidine rings is 1. The summed E-state index contributed by atoms with van der Waals surface area (Å²) < 4.78 is 31.9. The topological polar surface area (TPSA) is 108 Å². The van der Waals surface area contributed by atoms with Gasteiger partial charge in [-0.3, -0.25) is 23.8 Å². The van der Waals surface area contributed by atoms with Crippen molar-refractivity contribution < 1.29 is 8.42 Å². The van der Waals surface area contributed by atoms with Crippen molar-refractivity contribution in [1.82, 2.24) is 33.2 Å². The molecule has 1 saturated heterocycles. The quantitative estimate of drug-likeness (QED) is 0.344. The molecule has 0 amide bonds. The van der Waals surface area contributed by atoms with Crippen LogP contribution in [0.3, 0.4) is 0 Å². The fourth-order valence-corrected chi connectivity index (χ4v) is 6.57. The number of fused-ring (bicyclic) bond motifs is 3. The number of nitrogens with zero attached hydrogens (tertiary/aromatic N) is 7. The summed E-state index contributed by atoms with van der Waals surface area (Å²) in [5.41, 5.74) is 5.80. The molecular formula is C27H29N7O3S. The van der Waals surface area contributed by atoms with Gasteiger partial charge in [0.2, 0.25) is 10.0 Å². The average Bonchev–Trinajstić information content (AvgIpc) is 3.49. The van der Waals surface area contributed by atoms with Crippen LogP contribution in [0.25, 0.3) is 44.3 Å². The van der Waals surface area contributed by atoms with E-state index in [4.69, 9.17) is 0 Å². The first-order chi connectivity index (χ1) is 18.3. The van der Waals surface area contributed by atoms with Gasteiger partial charge in [-0.2, -0.15) is 9.40 Å². The zero-order valence-corrected chi connectivity index (χ0v) is 22.4. The maximum absolute atomic E-state index is 13.5. The molecule has 5 heterocycles. The van der Waals surface area contributed by atoms with E-state index in [-0.39, 0.29) is 17.5 Å². The second-order valence-electron chi connectivity index (χ2n) is 9.82. The van der Waals surface area contributed by atoms with E-state index in [9.17, 15) is 13.2 Å². The standard InChI is InChI=1S/C27H29N7O3S/c1-4-38(36,37)33-11-5-6-21(17-33)34-26-22-12-18(7-10-24(22)29-15-25(26)32(3)27(34)35)19-8-9-23(28-13-19)20-14-30-31(2)16-20/h7-10,12-16,21H,4-6,11,17H2,1-3H3. The molecule has 0 saturated carbocycles. The summed E-state index contributed by atoms with van der Waals surface area (Å²) in [4.78, 5) is 22.8. The van der Waals surface area contributed by atoms with Gasteiger partial charge < -0.3 is 0 Å². The van der Waals surface area contributed by atoms with Crippen molar-refractivity contribution in [1.29, 1.82) is 0 Å². The number of aryl methyl sites for hydroxylation is 2. The first-order valence-electron chi connectivity index (χ1n) is 12.7. The molecule has 0 N–H and O–H groups in total. The van der Waals surface area contributed by atoms with Crippen LogP contribution in [0.15, 0.2) is 59.9 Å². The summed E-state index contributed by atoms with van der Waals surface area (Å²) in [6.07, 6.45) is 8.71. The van der Waals surface area contributed by atoms with Gasteiger partial charge in [0.1, 0.15) is 0 Å². The summed E-state index contributed by atoms with van der Waals surface area (Å²) in [6, 6.07) is 9.75. The minimum Gasteiger partial charge on any atom is -0.293 e. The third-order valence-corrected chi connectivity index (χ3v) is 9.34. The Morgan fingerprint density at radius 1 is 1.00 bits per heavy atom. The van der Waals surface area contributed by atoms with E-state index in [1.807, 2.05) is 49.8 Å². The molecule has 1 unspecified atom stereocenters. The van der Waals surface area contributed by atoms with Gasteiger partial charge >= 0.3 is 5.69 Å². The number of rotatable bonds is 5. The smallest absolute Gasteiger partial charge is 0.293 e. The van der Waals surface area contributed by atoms with Gasteiger partial charge in [-0.15, -0.1) is 0 Å². The molecule has 1 aliphatic rings. The molecule has 1 aliphatic heterocycles. The van der Waals surface area contributed by atoms with Crippen LogP contribution in [0.2, 0.25) is 0 Å². The van der Waals surface area contributed by atoms with Crippen molar-refractivity contribution in [2.24, 2.45) is 14.1 Å². The molecule has 196 valence electrons. The van der Waals surface area contributed by atoms with Gasteiger partial charge in [-0.25, -0.2) is 13.2 Å². The third kappa shape index (κ3) is 4.02. The van der Waals surface area contributed by atoms with E-state index < -0.39 is 10.0 Å². The Kier molecular flexibility index (Phi) is 5.92. The fourth-order valence-electron chi connectivity index (χ4n) is 5.40. The number of sulfonamides is 1. The minimum atomic E-state index is -3.34. The summed E-state index contributed by atoms with van der Waals surface area (Å²) in [6.45, 7) is 2.43. The van der Waals surface area contributed by atoms with Crippen LogP contribution in [-0.4, -0.2) is 60.4 Å². The van der Waals surface area contributed by atoms with Crippen molar-refractivity contribution in [3.63, 3.8) is 0 Å². The van der Waals surface area contributed by atoms with Crippen molar-refractivity contribution in [3.05, 3.63) is 65.6 Å². The zero-order valence-electron chi connectivity index (χ0n) is 21.6. The summed E-state index contributed by atoms with van der Waals surface area (Å²) in [5, 5.41) is 5.07. The van der Waals surface area contributed by atoms with Crippen LogP contribution < -0.4 is 5.69 Å². The molecular weight excluding hydrogens is 502 g/mol. The second kappa shape index (κ2) is 9.17. The molecule has 0 radical (unpaired) electrons. The van der Waals surface area contributed by atoms with Crippen molar-refractivity contribution >= 4 is 32.0 Å². The number of hydrogen-bond donors (Lipinski definition) is 0. The molecule has 4 aromatic heterocycles. The second-order valence-corrected chi connectivity index (χ2v) is 12.1. The molecule has 0 spiro atoms. The Labute approximate surface area is 220 Å². The number of hydrogen-bond acceptors (Lipinski definition) is 6. The molecule has 11 heteroatoms. The number of benzene rings is 1. The van der Waals surface area contributed by atoms with Gasteiger partial charge in [-0.1, -0.05) is 12.1 Å². The predicted octanol–water partition coefficient (Wildman–Crippen LogP) is 3.34. The Morgan fingerprint density at radius 2 is 1.82 bits per heavy atom. The molecule has 0 bridgehead atoms. The molecule has 6 rings (SSSR count). The molecule has 0 aliphatic carbocycles. The van der Waals surface area contributed by atoms with E-state index in [1.165, 1.54) is 4.31 Å². The summed E-state index contributed by atoms with van der Waals surface area (Å²) in [5.74, 6) is 0.0496. The highest BCUT2D eigenvalue weighted by Crippen LogP contribution is 2.32. The van der Waals surface area contributed by atoms with Crippen LogP contribution in [0.4, 0.5) is 0 Å². The zero-order chi connectivity index (χ0) is 26.6. The summed E-state index contributed by atoms with van der Waals surface area (Å²) >= 11 is 0. The predicted molar refractivity (Wildman–Crippen MR) is 147 cm³/mol. The lowest BCUT2D eigenvalue weighted by Gasteiger charge is -2.32. The highest BCUT2D eigenvalue weighted by atomic mass is 32.2. The lowest BCUT2D eigenvalue weighted by atomic mass is 10.0. The first-order valence-corrected chi connectivity index (χ1v) is 14.3. The van der Waals surface area contributed by atoms with Crippen molar-refractivity contribution in [2.75, 3.05) is 18.8 Å². The van der Waals surface area contributed by atoms with Crippen LogP contribution in [0, 0.1) is 0 Å². The van der Waals surface area contributed by atoms with Crippen LogP contribution >= 0.6 is 0 Å². The first kappa shape index (κ1) is 24.5. The fraction of sp³-hybridized carbons (Fsp3) is 0.333. The third-order valence-electron chi connectivity index (χ3n) is 7.50. The average molecular weight is 532 g/mol. The molecule has 5 aromatic rings. The normalized spacial score (nSPS) is 17.0. The number of pyridine rings is 2. The molecule has 38 heavy (non-hydrogen) atoms. The Bertz CT molecular complexity index is 1830. The van der Waals surface area contributed by atoms with E-state index in [0.717, 1.165) is 50.7 Å². The Hall–Kier alpha value is -3.83. The van der Waals surface area contributed by atoms with Crippen molar-refractivity contribution in [3.8, 4) is 22.4 Å². The number of imidazole rings is 1. The lowest BCUT2D eigenvalue weighted by molar-refractivity contribution is 0.266. The molecule has 10 nitrogen and oxygen atoms in total. The van der Waals surface area contributed by atoms with Crippen molar-refractivity contribution in [2.45, 2.75) is 25.8 Å². The minimum absolute atomic E-state index is 0.0496. The molecule has 1 fully saturated rings. The highest BCUT2D eigenvalue weighted by molar-refractivity contribution is 7.89. The monoisotopic (exact) mass is 531 g/mol. The molecule has 1 atom stereocenters. The van der Waals surface area contributed by atoms with Gasteiger partial charge in [0.25, 0.3) is 0 Å². The van der Waals surface area contributed by atoms with Gasteiger partial charge in [0, 0.05) is 56.1 Å². The SMILES string of the molecule is CCS(=O)(=O)N1CCCC(n2c(=O)n(C)c3cnc4ccc(-c5ccc(-c6cnn(C)c6)nc5)cc4c32)C1. The van der Waals surface area contributed by atoms with E-state index >= 15 is 0 Å². The lowest BCUT2D eigenvalue weighted by Crippen LogP contribution is -2.43. The highest BCUT2D eigenvalue weighted by Gasteiger charge is 2.31. The van der Waals surface area contributed by atoms with Gasteiger partial charge in [0.15, 0.2) is 0 Å². The summed E-state index contributed by atoms with van der Waals surface area (Å²) in [7, 11) is 0.270. The van der Waals surface area contributed by atoms with E-state index in [1.54, 1.807) is 40.2 Å². The van der Waals surface area contributed by atoms with Crippen LogP contribution in [0.1, 0.15) is 25.8 Å². The van der Waals surface area contributed by atoms with Gasteiger partial charge in [0.05, 0.1) is 46.4 Å².